The predicted molar refractivity (Wildman–Crippen MR) is 90.3 cm³/mol. The number of hydrogen-bond donors (Lipinski definition) is 0. The molecule has 1 aromatic rings. The van der Waals surface area contributed by atoms with E-state index in [9.17, 15) is 9.59 Å². The molecule has 0 aromatic heterocycles. The van der Waals surface area contributed by atoms with Gasteiger partial charge in [-0.1, -0.05) is 45.9 Å². The number of rotatable bonds is 4. The SMILES string of the molecule is CCCSN1C(=O)CN(C(=O)c2ccccc2)C1C(C)(C)C. The summed E-state index contributed by atoms with van der Waals surface area (Å²) in [6.07, 6.45) is 0.780. The van der Waals surface area contributed by atoms with Crippen LogP contribution in [-0.2, 0) is 4.79 Å². The minimum atomic E-state index is -0.218. The molecule has 0 saturated carbocycles. The first-order valence-electron chi connectivity index (χ1n) is 7.67. The summed E-state index contributed by atoms with van der Waals surface area (Å²) in [4.78, 5) is 26.9. The first-order chi connectivity index (χ1) is 10.4. The van der Waals surface area contributed by atoms with E-state index >= 15 is 0 Å². The van der Waals surface area contributed by atoms with Crippen LogP contribution in [0.3, 0.4) is 0 Å². The fourth-order valence-electron chi connectivity index (χ4n) is 2.65. The Morgan fingerprint density at radius 1 is 1.27 bits per heavy atom. The van der Waals surface area contributed by atoms with Crippen LogP contribution < -0.4 is 0 Å². The van der Waals surface area contributed by atoms with Crippen LogP contribution in [-0.4, -0.2) is 39.5 Å². The first kappa shape index (κ1) is 16.9. The van der Waals surface area contributed by atoms with E-state index in [-0.39, 0.29) is 29.9 Å². The van der Waals surface area contributed by atoms with Gasteiger partial charge in [-0.3, -0.25) is 13.9 Å². The summed E-state index contributed by atoms with van der Waals surface area (Å²) in [7, 11) is 0. The Hall–Kier alpha value is -1.49. The molecule has 0 bridgehead atoms. The summed E-state index contributed by atoms with van der Waals surface area (Å²) in [5.41, 5.74) is 0.434. The van der Waals surface area contributed by atoms with Crippen molar-refractivity contribution in [3.8, 4) is 0 Å². The van der Waals surface area contributed by atoms with Crippen molar-refractivity contribution in [2.75, 3.05) is 12.3 Å². The largest absolute Gasteiger partial charge is 0.307 e. The molecule has 1 aliphatic rings. The molecule has 1 fully saturated rings. The van der Waals surface area contributed by atoms with Gasteiger partial charge in [-0.15, -0.1) is 0 Å². The van der Waals surface area contributed by atoms with Crippen LogP contribution in [0.15, 0.2) is 30.3 Å². The van der Waals surface area contributed by atoms with Gasteiger partial charge in [0.15, 0.2) is 0 Å². The molecule has 1 saturated heterocycles. The van der Waals surface area contributed by atoms with Crippen LogP contribution in [0.4, 0.5) is 0 Å². The molecule has 4 nitrogen and oxygen atoms in total. The summed E-state index contributed by atoms with van der Waals surface area (Å²) in [5.74, 6) is 0.822. The number of amides is 2. The van der Waals surface area contributed by atoms with E-state index in [1.807, 2.05) is 18.2 Å². The molecule has 1 aliphatic heterocycles. The second-order valence-corrected chi connectivity index (χ2v) is 7.65. The van der Waals surface area contributed by atoms with Gasteiger partial charge in [-0.05, 0) is 30.5 Å². The zero-order valence-corrected chi connectivity index (χ0v) is 14.5. The van der Waals surface area contributed by atoms with E-state index in [4.69, 9.17) is 0 Å². The maximum Gasteiger partial charge on any atom is 0.256 e. The van der Waals surface area contributed by atoms with Crippen molar-refractivity contribution in [1.82, 2.24) is 9.21 Å². The molecule has 2 amide bonds. The minimum Gasteiger partial charge on any atom is -0.307 e. The molecular formula is C17H24N2O2S. The van der Waals surface area contributed by atoms with E-state index in [2.05, 4.69) is 27.7 Å². The molecule has 5 heteroatoms. The van der Waals surface area contributed by atoms with E-state index in [0.717, 1.165) is 12.2 Å². The highest BCUT2D eigenvalue weighted by Crippen LogP contribution is 2.36. The molecule has 0 aliphatic carbocycles. The lowest BCUT2D eigenvalue weighted by atomic mass is 9.91. The number of nitrogens with zero attached hydrogens (tertiary/aromatic N) is 2. The Balaban J connectivity index is 2.30. The number of carbonyl (C=O) groups is 2. The van der Waals surface area contributed by atoms with Crippen molar-refractivity contribution in [2.24, 2.45) is 5.41 Å². The highest BCUT2D eigenvalue weighted by atomic mass is 32.2. The second-order valence-electron chi connectivity index (χ2n) is 6.59. The van der Waals surface area contributed by atoms with Crippen LogP contribution in [0.5, 0.6) is 0 Å². The standard InChI is InChI=1S/C17H24N2O2S/c1-5-11-22-19-14(20)12-18(16(19)17(2,3)4)15(21)13-9-7-6-8-10-13/h6-10,16H,5,11-12H2,1-4H3. The maximum atomic E-state index is 12.8. The Bertz CT molecular complexity index is 539. The van der Waals surface area contributed by atoms with Crippen molar-refractivity contribution in [3.05, 3.63) is 35.9 Å². The Morgan fingerprint density at radius 2 is 1.91 bits per heavy atom. The fraction of sp³-hybridized carbons (Fsp3) is 0.529. The lowest BCUT2D eigenvalue weighted by Crippen LogP contribution is -2.48. The number of hydrogen-bond acceptors (Lipinski definition) is 3. The van der Waals surface area contributed by atoms with E-state index in [1.165, 1.54) is 11.9 Å². The molecule has 1 atom stereocenters. The van der Waals surface area contributed by atoms with Crippen LogP contribution >= 0.6 is 11.9 Å². The van der Waals surface area contributed by atoms with Crippen LogP contribution in [0.25, 0.3) is 0 Å². The van der Waals surface area contributed by atoms with E-state index in [0.29, 0.717) is 5.56 Å². The monoisotopic (exact) mass is 320 g/mol. The molecule has 22 heavy (non-hydrogen) atoms. The third-order valence-electron chi connectivity index (χ3n) is 3.56. The average Bonchev–Trinajstić information content (AvgIpc) is 2.82. The molecule has 120 valence electrons. The second kappa shape index (κ2) is 6.73. The lowest BCUT2D eigenvalue weighted by Gasteiger charge is -2.38. The van der Waals surface area contributed by atoms with Crippen molar-refractivity contribution in [1.29, 1.82) is 0 Å². The molecular weight excluding hydrogens is 296 g/mol. The predicted octanol–water partition coefficient (Wildman–Crippen LogP) is 3.40. The Kier molecular flexibility index (Phi) is 5.16. The zero-order valence-electron chi connectivity index (χ0n) is 13.7. The highest BCUT2D eigenvalue weighted by Gasteiger charge is 2.47. The van der Waals surface area contributed by atoms with Gasteiger partial charge in [0.05, 0.1) is 0 Å². The van der Waals surface area contributed by atoms with E-state index in [1.54, 1.807) is 21.3 Å². The van der Waals surface area contributed by atoms with Gasteiger partial charge >= 0.3 is 0 Å². The van der Waals surface area contributed by atoms with E-state index < -0.39 is 0 Å². The zero-order chi connectivity index (χ0) is 16.3. The van der Waals surface area contributed by atoms with Gasteiger partial charge in [0.2, 0.25) is 0 Å². The van der Waals surface area contributed by atoms with Gasteiger partial charge in [0.1, 0.15) is 12.7 Å². The summed E-state index contributed by atoms with van der Waals surface area (Å²) in [5, 5.41) is 0. The molecule has 2 rings (SSSR count). The van der Waals surface area contributed by atoms with Crippen LogP contribution in [0.2, 0.25) is 0 Å². The summed E-state index contributed by atoms with van der Waals surface area (Å²) >= 11 is 1.53. The normalized spacial score (nSPS) is 18.9. The van der Waals surface area contributed by atoms with Crippen molar-refractivity contribution >= 4 is 23.8 Å². The highest BCUT2D eigenvalue weighted by molar-refractivity contribution is 7.97. The molecule has 0 radical (unpaired) electrons. The summed E-state index contributed by atoms with van der Waals surface area (Å²) in [6, 6.07) is 9.18. The molecule has 1 aromatic carbocycles. The molecule has 1 unspecified atom stereocenters. The fourth-order valence-corrected chi connectivity index (χ4v) is 3.80. The maximum absolute atomic E-state index is 12.8. The lowest BCUT2D eigenvalue weighted by molar-refractivity contribution is -0.123. The molecule has 0 spiro atoms. The smallest absolute Gasteiger partial charge is 0.256 e. The third-order valence-corrected chi connectivity index (χ3v) is 4.83. The van der Waals surface area contributed by atoms with Gasteiger partial charge in [-0.2, -0.15) is 0 Å². The average molecular weight is 320 g/mol. The third kappa shape index (κ3) is 3.46. The van der Waals surface area contributed by atoms with Gasteiger partial charge in [-0.25, -0.2) is 0 Å². The van der Waals surface area contributed by atoms with Gasteiger partial charge in [0, 0.05) is 16.7 Å². The van der Waals surface area contributed by atoms with Crippen molar-refractivity contribution < 1.29 is 9.59 Å². The number of benzene rings is 1. The molecule has 1 heterocycles. The quantitative estimate of drug-likeness (QED) is 0.798. The number of carbonyl (C=O) groups excluding carboxylic acids is 2. The molecule has 0 N–H and O–H groups in total. The topological polar surface area (TPSA) is 40.6 Å². The van der Waals surface area contributed by atoms with Gasteiger partial charge < -0.3 is 4.90 Å². The summed E-state index contributed by atoms with van der Waals surface area (Å²) in [6.45, 7) is 8.46. The Labute approximate surface area is 137 Å². The van der Waals surface area contributed by atoms with Gasteiger partial charge in [0.25, 0.3) is 11.8 Å². The van der Waals surface area contributed by atoms with Crippen molar-refractivity contribution in [3.63, 3.8) is 0 Å². The minimum absolute atomic E-state index is 0.0163. The van der Waals surface area contributed by atoms with Crippen LogP contribution in [0, 0.1) is 5.41 Å². The summed E-state index contributed by atoms with van der Waals surface area (Å²) < 4.78 is 1.80. The Morgan fingerprint density at radius 3 is 2.45 bits per heavy atom. The van der Waals surface area contributed by atoms with Crippen LogP contribution in [0.1, 0.15) is 44.5 Å². The van der Waals surface area contributed by atoms with Crippen molar-refractivity contribution in [2.45, 2.75) is 40.3 Å². The first-order valence-corrected chi connectivity index (χ1v) is 8.61.